The summed E-state index contributed by atoms with van der Waals surface area (Å²) < 4.78 is 27.4. The predicted octanol–water partition coefficient (Wildman–Crippen LogP) is 3.12. The van der Waals surface area contributed by atoms with Gasteiger partial charge in [0.25, 0.3) is 0 Å². The molecule has 2 heterocycles. The van der Waals surface area contributed by atoms with E-state index in [1.807, 2.05) is 0 Å². The SMILES string of the molecule is Cl.O=S(=O)(Cc1ccc(Cl)c(Cl)c1)NC1CC2CCC(C1)N2. The Morgan fingerprint density at radius 1 is 1.14 bits per heavy atom. The summed E-state index contributed by atoms with van der Waals surface area (Å²) in [6.07, 6.45) is 4.04. The lowest BCUT2D eigenvalue weighted by Crippen LogP contribution is -2.48. The molecule has 2 bridgehead atoms. The van der Waals surface area contributed by atoms with Crippen molar-refractivity contribution in [2.75, 3.05) is 0 Å². The Morgan fingerprint density at radius 3 is 2.36 bits per heavy atom. The molecule has 124 valence electrons. The van der Waals surface area contributed by atoms with E-state index in [0.717, 1.165) is 25.7 Å². The number of piperidine rings is 1. The number of fused-ring (bicyclic) bond motifs is 2. The van der Waals surface area contributed by atoms with Crippen LogP contribution in [0.25, 0.3) is 0 Å². The predicted molar refractivity (Wildman–Crippen MR) is 92.4 cm³/mol. The third-order valence-electron chi connectivity index (χ3n) is 4.16. The Labute approximate surface area is 147 Å². The Kier molecular flexibility index (Phi) is 6.02. The van der Waals surface area contributed by atoms with Crippen LogP contribution in [0.2, 0.25) is 10.0 Å². The summed E-state index contributed by atoms with van der Waals surface area (Å²) in [4.78, 5) is 0. The lowest BCUT2D eigenvalue weighted by atomic mass is 10.0. The van der Waals surface area contributed by atoms with Crippen LogP contribution in [0.5, 0.6) is 0 Å². The topological polar surface area (TPSA) is 58.2 Å². The molecule has 2 saturated heterocycles. The van der Waals surface area contributed by atoms with Crippen molar-refractivity contribution in [3.05, 3.63) is 33.8 Å². The largest absolute Gasteiger partial charge is 0.311 e. The Bertz CT molecular complexity index is 627. The van der Waals surface area contributed by atoms with Crippen molar-refractivity contribution < 1.29 is 8.42 Å². The van der Waals surface area contributed by atoms with Crippen molar-refractivity contribution in [2.45, 2.75) is 49.6 Å². The normalized spacial score (nSPS) is 27.5. The maximum absolute atomic E-state index is 12.3. The van der Waals surface area contributed by atoms with Gasteiger partial charge in [-0.1, -0.05) is 29.3 Å². The van der Waals surface area contributed by atoms with Gasteiger partial charge in [-0.05, 0) is 43.4 Å². The minimum absolute atomic E-state index is 0. The molecule has 2 atom stereocenters. The molecule has 0 amide bonds. The van der Waals surface area contributed by atoms with Gasteiger partial charge in [-0.15, -0.1) is 12.4 Å². The zero-order chi connectivity index (χ0) is 15.0. The van der Waals surface area contributed by atoms with Crippen LogP contribution in [0.1, 0.15) is 31.2 Å². The first-order valence-electron chi connectivity index (χ1n) is 7.11. The van der Waals surface area contributed by atoms with E-state index in [-0.39, 0.29) is 24.2 Å². The maximum atomic E-state index is 12.3. The molecule has 22 heavy (non-hydrogen) atoms. The van der Waals surface area contributed by atoms with Crippen molar-refractivity contribution in [3.8, 4) is 0 Å². The number of sulfonamides is 1. The average Bonchev–Trinajstić information content (AvgIpc) is 2.72. The van der Waals surface area contributed by atoms with Crippen molar-refractivity contribution >= 4 is 45.6 Å². The third-order valence-corrected chi connectivity index (χ3v) is 6.30. The fourth-order valence-electron chi connectivity index (χ4n) is 3.30. The quantitative estimate of drug-likeness (QED) is 0.837. The lowest BCUT2D eigenvalue weighted by Gasteiger charge is -2.29. The average molecular weight is 386 g/mol. The number of halogens is 3. The van der Waals surface area contributed by atoms with Gasteiger partial charge in [0.2, 0.25) is 10.0 Å². The second-order valence-corrected chi connectivity index (χ2v) is 8.50. The van der Waals surface area contributed by atoms with Gasteiger partial charge in [0.05, 0.1) is 15.8 Å². The number of hydrogen-bond acceptors (Lipinski definition) is 3. The molecular formula is C14H19Cl3N2O2S. The molecule has 2 fully saturated rings. The van der Waals surface area contributed by atoms with Crippen LogP contribution in [0.15, 0.2) is 18.2 Å². The molecule has 0 aromatic heterocycles. The Morgan fingerprint density at radius 2 is 1.77 bits per heavy atom. The number of rotatable bonds is 4. The Hall–Kier alpha value is -0.0400. The molecular weight excluding hydrogens is 367 g/mol. The first-order valence-corrected chi connectivity index (χ1v) is 9.52. The van der Waals surface area contributed by atoms with E-state index in [9.17, 15) is 8.42 Å². The van der Waals surface area contributed by atoms with Crippen LogP contribution in [0.3, 0.4) is 0 Å². The molecule has 3 rings (SSSR count). The van der Waals surface area contributed by atoms with Gasteiger partial charge in [0.1, 0.15) is 0 Å². The second-order valence-electron chi connectivity index (χ2n) is 5.93. The van der Waals surface area contributed by atoms with Crippen molar-refractivity contribution in [1.82, 2.24) is 10.0 Å². The molecule has 2 aliphatic rings. The molecule has 1 aromatic rings. The van der Waals surface area contributed by atoms with Crippen molar-refractivity contribution in [3.63, 3.8) is 0 Å². The third kappa shape index (κ3) is 4.49. The van der Waals surface area contributed by atoms with Gasteiger partial charge in [-0.25, -0.2) is 13.1 Å². The molecule has 2 unspecified atom stereocenters. The number of hydrogen-bond donors (Lipinski definition) is 2. The van der Waals surface area contributed by atoms with Crippen LogP contribution in [0.4, 0.5) is 0 Å². The van der Waals surface area contributed by atoms with E-state index < -0.39 is 10.0 Å². The van der Waals surface area contributed by atoms with Crippen LogP contribution < -0.4 is 10.0 Å². The summed E-state index contributed by atoms with van der Waals surface area (Å²) in [6, 6.07) is 5.88. The molecule has 0 saturated carbocycles. The van der Waals surface area contributed by atoms with Crippen LogP contribution in [0, 0.1) is 0 Å². The molecule has 1 aromatic carbocycles. The monoisotopic (exact) mass is 384 g/mol. The van der Waals surface area contributed by atoms with E-state index in [2.05, 4.69) is 10.0 Å². The van der Waals surface area contributed by atoms with Crippen molar-refractivity contribution in [1.29, 1.82) is 0 Å². The lowest BCUT2D eigenvalue weighted by molar-refractivity contribution is 0.345. The highest BCUT2D eigenvalue weighted by Gasteiger charge is 2.35. The van der Waals surface area contributed by atoms with Crippen LogP contribution in [-0.4, -0.2) is 26.5 Å². The molecule has 8 heteroatoms. The highest BCUT2D eigenvalue weighted by molar-refractivity contribution is 7.88. The summed E-state index contributed by atoms with van der Waals surface area (Å²) in [6.45, 7) is 0. The van der Waals surface area contributed by atoms with Gasteiger partial charge < -0.3 is 5.32 Å². The highest BCUT2D eigenvalue weighted by atomic mass is 35.5. The smallest absolute Gasteiger partial charge is 0.216 e. The highest BCUT2D eigenvalue weighted by Crippen LogP contribution is 2.28. The Balaban J connectivity index is 0.00000176. The van der Waals surface area contributed by atoms with E-state index in [1.165, 1.54) is 0 Å². The molecule has 2 N–H and O–H groups in total. The minimum atomic E-state index is -3.36. The number of nitrogens with one attached hydrogen (secondary N) is 2. The van der Waals surface area contributed by atoms with E-state index in [4.69, 9.17) is 23.2 Å². The first-order chi connectivity index (χ1) is 9.91. The van der Waals surface area contributed by atoms with Gasteiger partial charge in [0, 0.05) is 18.1 Å². The molecule has 0 spiro atoms. The molecule has 4 nitrogen and oxygen atoms in total. The second kappa shape index (κ2) is 7.24. The summed E-state index contributed by atoms with van der Waals surface area (Å²) in [7, 11) is -3.36. The van der Waals surface area contributed by atoms with E-state index in [1.54, 1.807) is 18.2 Å². The fourth-order valence-corrected chi connectivity index (χ4v) is 5.02. The minimum Gasteiger partial charge on any atom is -0.311 e. The summed E-state index contributed by atoms with van der Waals surface area (Å²) in [5, 5.41) is 4.31. The number of benzene rings is 1. The van der Waals surface area contributed by atoms with E-state index in [0.29, 0.717) is 27.7 Å². The fraction of sp³-hybridized carbons (Fsp3) is 0.571. The van der Waals surface area contributed by atoms with Gasteiger partial charge >= 0.3 is 0 Å². The zero-order valence-corrected chi connectivity index (χ0v) is 15.0. The van der Waals surface area contributed by atoms with Gasteiger partial charge in [-0.3, -0.25) is 0 Å². The standard InChI is InChI=1S/C14H18Cl2N2O2S.ClH/c15-13-4-1-9(5-14(13)16)8-21(19,20)18-12-6-10-2-3-11(7-12)17-10;/h1,4-5,10-12,17-18H,2-3,6-8H2;1H. The maximum Gasteiger partial charge on any atom is 0.216 e. The summed E-state index contributed by atoms with van der Waals surface area (Å²) in [5.74, 6) is -0.0663. The van der Waals surface area contributed by atoms with Crippen LogP contribution >= 0.6 is 35.6 Å². The van der Waals surface area contributed by atoms with E-state index >= 15 is 0 Å². The van der Waals surface area contributed by atoms with Crippen molar-refractivity contribution in [2.24, 2.45) is 0 Å². The van der Waals surface area contributed by atoms with Gasteiger partial charge in [0.15, 0.2) is 0 Å². The molecule has 2 aliphatic heterocycles. The first kappa shape index (κ1) is 18.3. The molecule has 0 aliphatic carbocycles. The summed E-state index contributed by atoms with van der Waals surface area (Å²) >= 11 is 11.8. The van der Waals surface area contributed by atoms with Crippen LogP contribution in [-0.2, 0) is 15.8 Å². The molecule has 0 radical (unpaired) electrons. The zero-order valence-electron chi connectivity index (χ0n) is 11.9. The van der Waals surface area contributed by atoms with Gasteiger partial charge in [-0.2, -0.15) is 0 Å². The summed E-state index contributed by atoms with van der Waals surface area (Å²) in [5.41, 5.74) is 0.647.